The highest BCUT2D eigenvalue weighted by molar-refractivity contribution is 5.58. The Hall–Kier alpha value is -1.67. The van der Waals surface area contributed by atoms with Crippen LogP contribution in [0.25, 0.3) is 0 Å². The lowest BCUT2D eigenvalue weighted by atomic mass is 10.00. The fourth-order valence-electron chi connectivity index (χ4n) is 4.41. The van der Waals surface area contributed by atoms with Gasteiger partial charge < -0.3 is 4.90 Å². The number of likely N-dealkylation sites (tertiary alicyclic amines) is 1. The summed E-state index contributed by atoms with van der Waals surface area (Å²) in [5, 5.41) is 18.5. The van der Waals surface area contributed by atoms with Gasteiger partial charge in [0.05, 0.1) is 5.69 Å². The summed E-state index contributed by atoms with van der Waals surface area (Å²) in [4.78, 5) is 4.97. The molecule has 3 rings (SSSR count). The van der Waals surface area contributed by atoms with Crippen molar-refractivity contribution in [3.8, 4) is 6.07 Å². The zero-order valence-corrected chi connectivity index (χ0v) is 15.3. The van der Waals surface area contributed by atoms with Gasteiger partial charge in [0.2, 0.25) is 0 Å². The molecule has 0 bridgehead atoms. The van der Waals surface area contributed by atoms with Gasteiger partial charge in [0.25, 0.3) is 0 Å². The zero-order chi connectivity index (χ0) is 17.1. The minimum absolute atomic E-state index is 0.692. The first-order chi connectivity index (χ1) is 11.7. The van der Waals surface area contributed by atoms with Gasteiger partial charge in [-0.15, -0.1) is 5.10 Å². The quantitative estimate of drug-likeness (QED) is 0.851. The van der Waals surface area contributed by atoms with Gasteiger partial charge in [0, 0.05) is 25.2 Å². The number of aryl methyl sites for hydroxylation is 1. The van der Waals surface area contributed by atoms with Crippen LogP contribution in [0.5, 0.6) is 0 Å². The molecule has 0 spiro atoms. The van der Waals surface area contributed by atoms with Crippen molar-refractivity contribution in [3.63, 3.8) is 0 Å². The maximum absolute atomic E-state index is 9.69. The van der Waals surface area contributed by atoms with Crippen LogP contribution in [-0.2, 0) is 12.8 Å². The van der Waals surface area contributed by atoms with Crippen molar-refractivity contribution in [1.82, 2.24) is 15.1 Å². The first-order valence-corrected chi connectivity index (χ1v) is 9.48. The number of rotatable bonds is 4. The van der Waals surface area contributed by atoms with Crippen molar-refractivity contribution in [3.05, 3.63) is 16.8 Å². The largest absolute Gasteiger partial charge is 0.354 e. The fraction of sp³-hybridized carbons (Fsp3) is 0.737. The van der Waals surface area contributed by atoms with Crippen molar-refractivity contribution in [1.29, 1.82) is 5.26 Å². The smallest absolute Gasteiger partial charge is 0.169 e. The van der Waals surface area contributed by atoms with E-state index in [1.165, 1.54) is 19.4 Å². The highest BCUT2D eigenvalue weighted by Gasteiger charge is 2.31. The molecule has 5 nitrogen and oxygen atoms in total. The van der Waals surface area contributed by atoms with Crippen molar-refractivity contribution in [2.24, 2.45) is 0 Å². The standard InChI is InChI=1S/C19H29N5/c1-4-16-17(13-20)19(22-21-18(16)5-2)23-11-8-15(9-12-23)24-10-6-7-14(24)3/h14-15H,4-12H2,1-3H3. The predicted molar refractivity (Wildman–Crippen MR) is 96.1 cm³/mol. The van der Waals surface area contributed by atoms with Crippen LogP contribution in [0.1, 0.15) is 63.3 Å². The van der Waals surface area contributed by atoms with E-state index >= 15 is 0 Å². The minimum atomic E-state index is 0.692. The molecule has 1 atom stereocenters. The van der Waals surface area contributed by atoms with Crippen molar-refractivity contribution >= 4 is 5.82 Å². The van der Waals surface area contributed by atoms with E-state index in [0.29, 0.717) is 6.04 Å². The van der Waals surface area contributed by atoms with Gasteiger partial charge in [-0.2, -0.15) is 10.4 Å². The molecule has 0 aliphatic carbocycles. The topological polar surface area (TPSA) is 56.1 Å². The Balaban J connectivity index is 1.76. The molecule has 0 radical (unpaired) electrons. The van der Waals surface area contributed by atoms with Crippen molar-refractivity contribution in [2.75, 3.05) is 24.5 Å². The molecule has 24 heavy (non-hydrogen) atoms. The van der Waals surface area contributed by atoms with Crippen LogP contribution < -0.4 is 4.90 Å². The lowest BCUT2D eigenvalue weighted by Gasteiger charge is -2.39. The lowest BCUT2D eigenvalue weighted by molar-refractivity contribution is 0.163. The normalized spacial score (nSPS) is 22.8. The van der Waals surface area contributed by atoms with Crippen molar-refractivity contribution in [2.45, 2.75) is 71.4 Å². The van der Waals surface area contributed by atoms with Crippen molar-refractivity contribution < 1.29 is 0 Å². The second-order valence-electron chi connectivity index (χ2n) is 7.09. The van der Waals surface area contributed by atoms with Crippen LogP contribution in [0.4, 0.5) is 5.82 Å². The van der Waals surface area contributed by atoms with Crippen LogP contribution >= 0.6 is 0 Å². The lowest BCUT2D eigenvalue weighted by Crippen LogP contribution is -2.46. The summed E-state index contributed by atoms with van der Waals surface area (Å²) >= 11 is 0. The first kappa shape index (κ1) is 17.2. The Morgan fingerprint density at radius 1 is 1.08 bits per heavy atom. The van der Waals surface area contributed by atoms with Gasteiger partial charge in [0.1, 0.15) is 11.6 Å². The molecule has 0 amide bonds. The van der Waals surface area contributed by atoms with E-state index in [4.69, 9.17) is 0 Å². The number of hydrogen-bond acceptors (Lipinski definition) is 5. The van der Waals surface area contributed by atoms with Gasteiger partial charge in [-0.25, -0.2) is 0 Å². The summed E-state index contributed by atoms with van der Waals surface area (Å²) in [5.74, 6) is 0.805. The van der Waals surface area contributed by atoms with Gasteiger partial charge >= 0.3 is 0 Å². The number of anilines is 1. The van der Waals surface area contributed by atoms with E-state index in [2.05, 4.69) is 46.8 Å². The Kier molecular flexibility index (Phi) is 5.35. The second-order valence-corrected chi connectivity index (χ2v) is 7.09. The summed E-state index contributed by atoms with van der Waals surface area (Å²) in [5.41, 5.74) is 2.80. The summed E-state index contributed by atoms with van der Waals surface area (Å²) in [7, 11) is 0. The molecule has 1 unspecified atom stereocenters. The third-order valence-electron chi connectivity index (χ3n) is 5.78. The van der Waals surface area contributed by atoms with E-state index in [1.54, 1.807) is 0 Å². The molecule has 5 heteroatoms. The Bertz CT molecular complexity index is 613. The van der Waals surface area contributed by atoms with E-state index in [9.17, 15) is 5.26 Å². The maximum atomic E-state index is 9.69. The van der Waals surface area contributed by atoms with Gasteiger partial charge in [-0.1, -0.05) is 13.8 Å². The third kappa shape index (κ3) is 3.12. The molecule has 3 heterocycles. The van der Waals surface area contributed by atoms with Gasteiger partial charge in [0.15, 0.2) is 5.82 Å². The average molecular weight is 327 g/mol. The maximum Gasteiger partial charge on any atom is 0.169 e. The summed E-state index contributed by atoms with van der Waals surface area (Å²) in [6.45, 7) is 9.74. The number of hydrogen-bond donors (Lipinski definition) is 0. The van der Waals surface area contributed by atoms with Crippen LogP contribution in [0.15, 0.2) is 0 Å². The molecule has 0 saturated carbocycles. The molecule has 130 valence electrons. The number of nitrogens with zero attached hydrogens (tertiary/aromatic N) is 5. The van der Waals surface area contributed by atoms with Gasteiger partial charge in [-0.3, -0.25) is 4.90 Å². The molecule has 2 fully saturated rings. The molecule has 0 aromatic carbocycles. The fourth-order valence-corrected chi connectivity index (χ4v) is 4.41. The molecule has 1 aromatic heterocycles. The number of aromatic nitrogens is 2. The second kappa shape index (κ2) is 7.48. The number of nitriles is 1. The van der Waals surface area contributed by atoms with E-state index < -0.39 is 0 Å². The third-order valence-corrected chi connectivity index (χ3v) is 5.78. The zero-order valence-electron chi connectivity index (χ0n) is 15.3. The molecule has 1 aromatic rings. The Morgan fingerprint density at radius 2 is 1.83 bits per heavy atom. The van der Waals surface area contributed by atoms with Crippen LogP contribution in [0.2, 0.25) is 0 Å². The number of piperidine rings is 1. The molecular formula is C19H29N5. The molecule has 2 aliphatic rings. The van der Waals surface area contributed by atoms with E-state index in [0.717, 1.165) is 67.5 Å². The van der Waals surface area contributed by atoms with Gasteiger partial charge in [-0.05, 0) is 57.6 Å². The summed E-state index contributed by atoms with van der Waals surface area (Å²) in [6.07, 6.45) is 6.67. The minimum Gasteiger partial charge on any atom is -0.354 e. The predicted octanol–water partition coefficient (Wildman–Crippen LogP) is 2.93. The van der Waals surface area contributed by atoms with Crippen LogP contribution in [0, 0.1) is 11.3 Å². The Labute approximate surface area is 145 Å². The van der Waals surface area contributed by atoms with Crippen LogP contribution in [0.3, 0.4) is 0 Å². The molecular weight excluding hydrogens is 298 g/mol. The molecule has 0 N–H and O–H groups in total. The highest BCUT2D eigenvalue weighted by Crippen LogP contribution is 2.29. The summed E-state index contributed by atoms with van der Waals surface area (Å²) < 4.78 is 0. The monoisotopic (exact) mass is 327 g/mol. The van der Waals surface area contributed by atoms with E-state index in [1.807, 2.05) is 0 Å². The van der Waals surface area contributed by atoms with Crippen LogP contribution in [-0.4, -0.2) is 46.8 Å². The first-order valence-electron chi connectivity index (χ1n) is 9.48. The molecule has 2 aliphatic heterocycles. The summed E-state index contributed by atoms with van der Waals surface area (Å²) in [6, 6.07) is 3.83. The van der Waals surface area contributed by atoms with E-state index in [-0.39, 0.29) is 0 Å². The highest BCUT2D eigenvalue weighted by atomic mass is 15.3. The molecule has 2 saturated heterocycles. The SMILES string of the molecule is CCc1nnc(N2CCC(N3CCCC3C)CC2)c(C#N)c1CC. The Morgan fingerprint density at radius 3 is 2.38 bits per heavy atom. The average Bonchev–Trinajstić information content (AvgIpc) is 3.06.